The van der Waals surface area contributed by atoms with Crippen LogP contribution in [0.15, 0.2) is 42.7 Å². The number of rotatable bonds is 5. The number of nitrogens with two attached hydrogens (primary N) is 1. The summed E-state index contributed by atoms with van der Waals surface area (Å²) in [7, 11) is 3.93. The highest BCUT2D eigenvalue weighted by Crippen LogP contribution is 2.34. The molecule has 3 aromatic rings. The fourth-order valence-corrected chi connectivity index (χ4v) is 3.90. The Morgan fingerprint density at radius 3 is 2.81 bits per heavy atom. The fraction of sp³-hybridized carbons (Fsp3) is 0.364. The Hall–Kier alpha value is -3.46. The van der Waals surface area contributed by atoms with Crippen LogP contribution in [0.3, 0.4) is 0 Å². The summed E-state index contributed by atoms with van der Waals surface area (Å²) in [6.45, 7) is 2.00. The molecule has 1 fully saturated rings. The first-order valence-corrected chi connectivity index (χ1v) is 10.3. The topological polar surface area (TPSA) is 113 Å². The molecule has 0 unspecified atom stereocenters. The van der Waals surface area contributed by atoms with Gasteiger partial charge in [0.2, 0.25) is 5.91 Å². The van der Waals surface area contributed by atoms with Crippen LogP contribution in [0, 0.1) is 0 Å². The molecule has 2 aromatic heterocycles. The van der Waals surface area contributed by atoms with Crippen molar-refractivity contribution in [1.29, 1.82) is 0 Å². The zero-order valence-electron chi connectivity index (χ0n) is 17.8. The summed E-state index contributed by atoms with van der Waals surface area (Å²) in [5.74, 6) is 0.547. The third kappa shape index (κ3) is 4.36. The van der Waals surface area contributed by atoms with Crippen LogP contribution in [0.1, 0.15) is 18.9 Å². The van der Waals surface area contributed by atoms with E-state index in [0.717, 1.165) is 31.5 Å². The second-order valence-electron chi connectivity index (χ2n) is 8.04. The quantitative estimate of drug-likeness (QED) is 0.606. The van der Waals surface area contributed by atoms with E-state index in [0.29, 0.717) is 29.1 Å². The van der Waals surface area contributed by atoms with Crippen molar-refractivity contribution in [2.75, 3.05) is 39.5 Å². The van der Waals surface area contributed by atoms with Crippen LogP contribution in [-0.4, -0.2) is 74.3 Å². The van der Waals surface area contributed by atoms with Gasteiger partial charge in [0.25, 0.3) is 0 Å². The van der Waals surface area contributed by atoms with E-state index < -0.39 is 0 Å². The first-order chi connectivity index (χ1) is 14.9. The number of piperidine rings is 1. The molecule has 9 heteroatoms. The zero-order chi connectivity index (χ0) is 22.0. The van der Waals surface area contributed by atoms with E-state index in [1.165, 1.54) is 6.33 Å². The van der Waals surface area contributed by atoms with Crippen LogP contribution in [-0.2, 0) is 4.79 Å². The minimum Gasteiger partial charge on any atom is -0.508 e. The van der Waals surface area contributed by atoms with Crippen LogP contribution in [0.25, 0.3) is 22.3 Å². The van der Waals surface area contributed by atoms with Crippen molar-refractivity contribution in [3.8, 4) is 17.0 Å². The van der Waals surface area contributed by atoms with Crippen molar-refractivity contribution in [2.45, 2.75) is 18.9 Å². The van der Waals surface area contributed by atoms with Crippen molar-refractivity contribution >= 4 is 22.8 Å². The van der Waals surface area contributed by atoms with Gasteiger partial charge in [0.05, 0.1) is 11.4 Å². The molecule has 0 radical (unpaired) electrons. The minimum atomic E-state index is -0.0115. The number of benzene rings is 1. The van der Waals surface area contributed by atoms with E-state index in [1.807, 2.05) is 34.7 Å². The predicted molar refractivity (Wildman–Crippen MR) is 119 cm³/mol. The molecule has 0 bridgehead atoms. The second kappa shape index (κ2) is 8.73. The fourth-order valence-electron chi connectivity index (χ4n) is 3.90. The number of phenolic OH excluding ortho intramolecular Hbond substituents is 1. The molecule has 1 saturated heterocycles. The van der Waals surface area contributed by atoms with Gasteiger partial charge in [0, 0.05) is 31.3 Å². The average molecular weight is 422 g/mol. The molecule has 162 valence electrons. The summed E-state index contributed by atoms with van der Waals surface area (Å²) >= 11 is 0. The number of hydrogen-bond donors (Lipinski definition) is 2. The maximum atomic E-state index is 12.7. The maximum absolute atomic E-state index is 12.7. The normalized spacial score (nSPS) is 17.1. The van der Waals surface area contributed by atoms with Crippen molar-refractivity contribution in [3.63, 3.8) is 0 Å². The van der Waals surface area contributed by atoms with E-state index in [2.05, 4.69) is 9.97 Å². The van der Waals surface area contributed by atoms with Crippen LogP contribution >= 0.6 is 0 Å². The van der Waals surface area contributed by atoms with Crippen molar-refractivity contribution in [2.24, 2.45) is 0 Å². The molecule has 1 atom stereocenters. The van der Waals surface area contributed by atoms with Gasteiger partial charge in [0.15, 0.2) is 5.65 Å². The Bertz CT molecular complexity index is 1100. The molecular formula is C22H27N7O2. The smallest absolute Gasteiger partial charge is 0.246 e. The van der Waals surface area contributed by atoms with Gasteiger partial charge in [-0.2, -0.15) is 5.10 Å². The molecule has 0 aliphatic carbocycles. The van der Waals surface area contributed by atoms with Crippen molar-refractivity contribution in [1.82, 2.24) is 29.5 Å². The highest BCUT2D eigenvalue weighted by molar-refractivity contribution is 5.98. The van der Waals surface area contributed by atoms with Crippen LogP contribution < -0.4 is 5.73 Å². The van der Waals surface area contributed by atoms with Gasteiger partial charge in [-0.15, -0.1) is 0 Å². The number of likely N-dealkylation sites (tertiary alicyclic amines) is 1. The molecule has 3 heterocycles. The first-order valence-electron chi connectivity index (χ1n) is 10.3. The molecule has 4 rings (SSSR count). The number of likely N-dealkylation sites (N-methyl/N-ethyl adjacent to an activating group) is 1. The highest BCUT2D eigenvalue weighted by Gasteiger charge is 2.28. The molecule has 1 amide bonds. The molecule has 1 aliphatic rings. The third-order valence-electron chi connectivity index (χ3n) is 5.44. The number of aromatic nitrogens is 4. The number of aromatic hydroxyl groups is 1. The number of amides is 1. The van der Waals surface area contributed by atoms with Crippen LogP contribution in [0.4, 0.5) is 5.82 Å². The SMILES string of the molecule is CN(C)CC=CC(=O)N1CCC[C@@H](n2nc(-c3ccc(O)cc3)c3c(N)ncnc32)C1. The number of nitrogen functional groups attached to an aromatic ring is 1. The lowest BCUT2D eigenvalue weighted by atomic mass is 10.1. The number of anilines is 1. The van der Waals surface area contributed by atoms with Gasteiger partial charge < -0.3 is 20.6 Å². The number of nitrogens with zero attached hydrogens (tertiary/aromatic N) is 6. The minimum absolute atomic E-state index is 0.0101. The van der Waals surface area contributed by atoms with Gasteiger partial charge >= 0.3 is 0 Å². The van der Waals surface area contributed by atoms with E-state index in [9.17, 15) is 9.90 Å². The largest absolute Gasteiger partial charge is 0.508 e. The molecule has 1 aromatic carbocycles. The summed E-state index contributed by atoms with van der Waals surface area (Å²) < 4.78 is 1.87. The van der Waals surface area contributed by atoms with Crippen molar-refractivity contribution < 1.29 is 9.90 Å². The van der Waals surface area contributed by atoms with Crippen molar-refractivity contribution in [3.05, 3.63) is 42.7 Å². The molecule has 31 heavy (non-hydrogen) atoms. The highest BCUT2D eigenvalue weighted by atomic mass is 16.3. The standard InChI is InChI=1S/C22H27N7O2/c1-27(2)11-4-6-18(31)28-12-3-5-16(13-28)29-22-19(21(23)24-14-25-22)20(26-29)15-7-9-17(30)10-8-15/h4,6-10,14,16,30H,3,5,11-13H2,1-2H3,(H2,23,24,25)/t16-/m1/s1. The molecule has 0 saturated carbocycles. The van der Waals surface area contributed by atoms with E-state index >= 15 is 0 Å². The number of phenols is 1. The monoisotopic (exact) mass is 421 g/mol. The Morgan fingerprint density at radius 1 is 1.29 bits per heavy atom. The number of hydrogen-bond acceptors (Lipinski definition) is 7. The Morgan fingerprint density at radius 2 is 2.06 bits per heavy atom. The number of carbonyl (C=O) groups excluding carboxylic acids is 1. The lowest BCUT2D eigenvalue weighted by Gasteiger charge is -2.32. The lowest BCUT2D eigenvalue weighted by molar-refractivity contribution is -0.127. The Kier molecular flexibility index (Phi) is 5.85. The van der Waals surface area contributed by atoms with E-state index in [1.54, 1.807) is 30.3 Å². The average Bonchev–Trinajstić information content (AvgIpc) is 3.15. The Balaban J connectivity index is 1.66. The van der Waals surface area contributed by atoms with Crippen LogP contribution in [0.2, 0.25) is 0 Å². The van der Waals surface area contributed by atoms with Gasteiger partial charge in [0.1, 0.15) is 23.6 Å². The summed E-state index contributed by atoms with van der Waals surface area (Å²) in [5, 5.41) is 15.2. The second-order valence-corrected chi connectivity index (χ2v) is 8.04. The summed E-state index contributed by atoms with van der Waals surface area (Å²) in [4.78, 5) is 25.1. The number of fused-ring (bicyclic) bond motifs is 1. The van der Waals surface area contributed by atoms with E-state index in [-0.39, 0.29) is 17.7 Å². The van der Waals surface area contributed by atoms with Gasteiger partial charge in [-0.1, -0.05) is 6.08 Å². The third-order valence-corrected chi connectivity index (χ3v) is 5.44. The summed E-state index contributed by atoms with van der Waals surface area (Å²) in [6, 6.07) is 6.80. The molecule has 1 aliphatic heterocycles. The van der Waals surface area contributed by atoms with E-state index in [4.69, 9.17) is 10.8 Å². The summed E-state index contributed by atoms with van der Waals surface area (Å²) in [5.41, 5.74) is 8.33. The van der Waals surface area contributed by atoms with Crippen LogP contribution in [0.5, 0.6) is 5.75 Å². The predicted octanol–water partition coefficient (Wildman–Crippen LogP) is 2.06. The zero-order valence-corrected chi connectivity index (χ0v) is 17.8. The van der Waals surface area contributed by atoms with Gasteiger partial charge in [-0.05, 0) is 51.2 Å². The Labute approximate surface area is 180 Å². The molecule has 0 spiro atoms. The summed E-state index contributed by atoms with van der Waals surface area (Å²) in [6.07, 6.45) is 6.74. The van der Waals surface area contributed by atoms with Gasteiger partial charge in [-0.3, -0.25) is 4.79 Å². The number of carbonyl (C=O) groups is 1. The maximum Gasteiger partial charge on any atom is 0.246 e. The molecule has 9 nitrogen and oxygen atoms in total. The molecule has 3 N–H and O–H groups in total. The van der Waals surface area contributed by atoms with Gasteiger partial charge in [-0.25, -0.2) is 14.6 Å². The lowest BCUT2D eigenvalue weighted by Crippen LogP contribution is -2.40. The first kappa shape index (κ1) is 20.8. The molecular weight excluding hydrogens is 394 g/mol.